The van der Waals surface area contributed by atoms with Gasteiger partial charge in [-0.2, -0.15) is 0 Å². The van der Waals surface area contributed by atoms with Crippen LogP contribution >= 0.6 is 0 Å². The monoisotopic (exact) mass is 247 g/mol. The van der Waals surface area contributed by atoms with E-state index in [4.69, 9.17) is 10.5 Å². The molecule has 1 aromatic carbocycles. The minimum absolute atomic E-state index is 0.308. The first kappa shape index (κ1) is 13.4. The molecule has 0 aliphatic heterocycles. The molecule has 1 aliphatic rings. The summed E-state index contributed by atoms with van der Waals surface area (Å²) in [5.41, 5.74) is 5.89. The van der Waals surface area contributed by atoms with E-state index < -0.39 is 0 Å². The van der Waals surface area contributed by atoms with Gasteiger partial charge in [0.2, 0.25) is 0 Å². The van der Waals surface area contributed by atoms with Crippen LogP contribution in [-0.2, 0) is 0 Å². The molecular weight excluding hydrogens is 222 g/mol. The van der Waals surface area contributed by atoms with Crippen LogP contribution < -0.4 is 10.5 Å². The fourth-order valence-corrected chi connectivity index (χ4v) is 3.03. The maximum absolute atomic E-state index is 6.16. The first-order chi connectivity index (χ1) is 8.83. The lowest BCUT2D eigenvalue weighted by Crippen LogP contribution is -2.38. The normalized spacial score (nSPS) is 28.0. The van der Waals surface area contributed by atoms with Gasteiger partial charge in [0.25, 0.3) is 0 Å². The van der Waals surface area contributed by atoms with Crippen molar-refractivity contribution in [3.05, 3.63) is 30.3 Å². The molecule has 3 atom stereocenters. The van der Waals surface area contributed by atoms with Gasteiger partial charge in [-0.3, -0.25) is 0 Å². The molecule has 2 N–H and O–H groups in total. The highest BCUT2D eigenvalue weighted by Gasteiger charge is 2.30. The summed E-state index contributed by atoms with van der Waals surface area (Å²) < 4.78 is 6.16. The van der Waals surface area contributed by atoms with Crippen LogP contribution in [0.2, 0.25) is 0 Å². The van der Waals surface area contributed by atoms with Gasteiger partial charge in [-0.05, 0) is 43.9 Å². The van der Waals surface area contributed by atoms with E-state index in [1.54, 1.807) is 0 Å². The van der Waals surface area contributed by atoms with Gasteiger partial charge in [-0.15, -0.1) is 0 Å². The summed E-state index contributed by atoms with van der Waals surface area (Å²) in [7, 11) is 0. The number of nitrogens with two attached hydrogens (primary N) is 1. The summed E-state index contributed by atoms with van der Waals surface area (Å²) in [5.74, 6) is 2.34. The maximum atomic E-state index is 6.16. The van der Waals surface area contributed by atoms with Gasteiger partial charge in [0.1, 0.15) is 11.9 Å². The van der Waals surface area contributed by atoms with Crippen molar-refractivity contribution in [2.75, 3.05) is 6.54 Å². The average Bonchev–Trinajstić information content (AvgIpc) is 2.41. The molecule has 1 aliphatic carbocycles. The topological polar surface area (TPSA) is 35.2 Å². The molecule has 18 heavy (non-hydrogen) atoms. The lowest BCUT2D eigenvalue weighted by molar-refractivity contribution is 0.0669. The smallest absolute Gasteiger partial charge is 0.119 e. The zero-order chi connectivity index (χ0) is 12.8. The molecule has 3 unspecified atom stereocenters. The molecule has 100 valence electrons. The minimum Gasteiger partial charge on any atom is -0.490 e. The van der Waals surface area contributed by atoms with Gasteiger partial charge < -0.3 is 10.5 Å². The molecule has 0 radical (unpaired) electrons. The summed E-state index contributed by atoms with van der Waals surface area (Å²) >= 11 is 0. The number of para-hydroxylation sites is 1. The first-order valence-corrected chi connectivity index (χ1v) is 7.25. The molecule has 2 rings (SSSR count). The number of ether oxygens (including phenoxy) is 1. The second kappa shape index (κ2) is 6.79. The minimum atomic E-state index is 0.308. The first-order valence-electron chi connectivity index (χ1n) is 7.25. The predicted octanol–water partition coefficient (Wildman–Crippen LogP) is 3.61. The Bertz CT molecular complexity index is 338. The molecule has 0 amide bonds. The molecule has 0 bridgehead atoms. The maximum Gasteiger partial charge on any atom is 0.119 e. The van der Waals surface area contributed by atoms with Crippen molar-refractivity contribution in [1.82, 2.24) is 0 Å². The van der Waals surface area contributed by atoms with E-state index in [1.807, 2.05) is 30.3 Å². The van der Waals surface area contributed by atoms with Crippen LogP contribution in [0.15, 0.2) is 30.3 Å². The Hall–Kier alpha value is -1.02. The van der Waals surface area contributed by atoms with Crippen LogP contribution in [0.1, 0.15) is 39.0 Å². The number of rotatable bonds is 5. The number of benzene rings is 1. The van der Waals surface area contributed by atoms with E-state index in [9.17, 15) is 0 Å². The predicted molar refractivity (Wildman–Crippen MR) is 75.7 cm³/mol. The Balaban J connectivity index is 1.98. The second-order valence-electron chi connectivity index (χ2n) is 5.43. The third-order valence-corrected chi connectivity index (χ3v) is 4.07. The molecule has 2 heteroatoms. The van der Waals surface area contributed by atoms with E-state index in [0.717, 1.165) is 18.2 Å². The molecule has 0 spiro atoms. The van der Waals surface area contributed by atoms with E-state index in [1.165, 1.54) is 32.1 Å². The van der Waals surface area contributed by atoms with Crippen LogP contribution in [0.5, 0.6) is 5.75 Å². The summed E-state index contributed by atoms with van der Waals surface area (Å²) in [5, 5.41) is 0. The highest BCUT2D eigenvalue weighted by molar-refractivity contribution is 5.21. The highest BCUT2D eigenvalue weighted by atomic mass is 16.5. The molecular formula is C16H25NO. The van der Waals surface area contributed by atoms with Gasteiger partial charge >= 0.3 is 0 Å². The lowest BCUT2D eigenvalue weighted by Gasteiger charge is -2.35. The standard InChI is InChI=1S/C16H25NO/c1-2-6-13-9-10-14(12-17)16(11-13)18-15-7-4-3-5-8-15/h3-5,7-8,13-14,16H,2,6,9-12,17H2,1H3. The van der Waals surface area contributed by atoms with Crippen LogP contribution in [0, 0.1) is 11.8 Å². The van der Waals surface area contributed by atoms with Crippen molar-refractivity contribution in [3.8, 4) is 5.75 Å². The van der Waals surface area contributed by atoms with E-state index in [0.29, 0.717) is 12.0 Å². The van der Waals surface area contributed by atoms with Crippen molar-refractivity contribution in [2.45, 2.75) is 45.1 Å². The average molecular weight is 247 g/mol. The third kappa shape index (κ3) is 3.49. The number of hydrogen-bond donors (Lipinski definition) is 1. The van der Waals surface area contributed by atoms with Crippen LogP contribution in [0.25, 0.3) is 0 Å². The summed E-state index contributed by atoms with van der Waals surface area (Å²) in [6.45, 7) is 3.01. The number of hydrogen-bond acceptors (Lipinski definition) is 2. The zero-order valence-corrected chi connectivity index (χ0v) is 11.3. The van der Waals surface area contributed by atoms with Crippen LogP contribution in [0.3, 0.4) is 0 Å². The van der Waals surface area contributed by atoms with Crippen molar-refractivity contribution in [3.63, 3.8) is 0 Å². The fourth-order valence-electron chi connectivity index (χ4n) is 3.03. The van der Waals surface area contributed by atoms with Gasteiger partial charge in [-0.25, -0.2) is 0 Å². The summed E-state index contributed by atoms with van der Waals surface area (Å²) in [6, 6.07) is 10.2. The Morgan fingerprint density at radius 1 is 1.22 bits per heavy atom. The van der Waals surface area contributed by atoms with Crippen LogP contribution in [0.4, 0.5) is 0 Å². The molecule has 1 fully saturated rings. The quantitative estimate of drug-likeness (QED) is 0.862. The molecule has 2 nitrogen and oxygen atoms in total. The summed E-state index contributed by atoms with van der Waals surface area (Å²) in [4.78, 5) is 0. The largest absolute Gasteiger partial charge is 0.490 e. The SMILES string of the molecule is CCCC1CCC(CN)C(Oc2ccccc2)C1. The Labute approximate surface area is 111 Å². The zero-order valence-electron chi connectivity index (χ0n) is 11.3. The van der Waals surface area contributed by atoms with E-state index >= 15 is 0 Å². The van der Waals surface area contributed by atoms with Crippen molar-refractivity contribution in [2.24, 2.45) is 17.6 Å². The highest BCUT2D eigenvalue weighted by Crippen LogP contribution is 2.33. The molecule has 0 aromatic heterocycles. The summed E-state index contributed by atoms with van der Waals surface area (Å²) in [6.07, 6.45) is 6.62. The van der Waals surface area contributed by atoms with Crippen molar-refractivity contribution in [1.29, 1.82) is 0 Å². The molecule has 1 aromatic rings. The Morgan fingerprint density at radius 2 is 2.00 bits per heavy atom. The van der Waals surface area contributed by atoms with Crippen molar-refractivity contribution < 1.29 is 4.74 Å². The van der Waals surface area contributed by atoms with Gasteiger partial charge in [-0.1, -0.05) is 38.0 Å². The van der Waals surface area contributed by atoms with E-state index in [-0.39, 0.29) is 0 Å². The van der Waals surface area contributed by atoms with Crippen molar-refractivity contribution >= 4 is 0 Å². The van der Waals surface area contributed by atoms with Gasteiger partial charge in [0.15, 0.2) is 0 Å². The Kier molecular flexibility index (Phi) is 5.06. The Morgan fingerprint density at radius 3 is 2.67 bits per heavy atom. The van der Waals surface area contributed by atoms with E-state index in [2.05, 4.69) is 6.92 Å². The fraction of sp³-hybridized carbons (Fsp3) is 0.625. The lowest BCUT2D eigenvalue weighted by atomic mass is 9.78. The third-order valence-electron chi connectivity index (χ3n) is 4.07. The molecule has 1 saturated carbocycles. The second-order valence-corrected chi connectivity index (χ2v) is 5.43. The van der Waals surface area contributed by atoms with Gasteiger partial charge in [0, 0.05) is 5.92 Å². The van der Waals surface area contributed by atoms with Crippen LogP contribution in [-0.4, -0.2) is 12.6 Å². The van der Waals surface area contributed by atoms with Gasteiger partial charge in [0.05, 0.1) is 0 Å². The molecule has 0 heterocycles. The molecule has 0 saturated heterocycles.